The number of carboxylic acid groups (broad SMARTS) is 1. The molecule has 178 valence electrons. The molecule has 3 aliphatic heterocycles. The van der Waals surface area contributed by atoms with Crippen molar-refractivity contribution in [1.82, 2.24) is 29.7 Å². The summed E-state index contributed by atoms with van der Waals surface area (Å²) in [5.41, 5.74) is 0. The number of hydrogen-bond donors (Lipinski definition) is 2. The van der Waals surface area contributed by atoms with Crippen LogP contribution in [0.2, 0.25) is 0 Å². The zero-order valence-electron chi connectivity index (χ0n) is 18.3. The van der Waals surface area contributed by atoms with Crippen LogP contribution in [0.25, 0.3) is 0 Å². The molecule has 3 fully saturated rings. The van der Waals surface area contributed by atoms with Gasteiger partial charge in [-0.1, -0.05) is 0 Å². The lowest BCUT2D eigenvalue weighted by atomic mass is 10.1. The number of carboxylic acids is 1. The Hall–Kier alpha value is -2.64. The number of piperazine rings is 2. The first-order valence-corrected chi connectivity index (χ1v) is 11.1. The van der Waals surface area contributed by atoms with Crippen LogP contribution in [0.5, 0.6) is 0 Å². The van der Waals surface area contributed by atoms with E-state index >= 15 is 0 Å². The van der Waals surface area contributed by atoms with E-state index in [1.807, 2.05) is 4.90 Å². The van der Waals surface area contributed by atoms with Crippen molar-refractivity contribution in [2.45, 2.75) is 25.1 Å². The second-order valence-electron chi connectivity index (χ2n) is 8.51. The van der Waals surface area contributed by atoms with Crippen molar-refractivity contribution in [3.63, 3.8) is 0 Å². The SMILES string of the molecule is CN1C(=O)OC(N2CCN(CCC(=O)O)CC2)C1CCN1CCN(c2noc(=O)[nH]2)CC1. The zero-order valence-corrected chi connectivity index (χ0v) is 18.3. The quantitative estimate of drug-likeness (QED) is 0.488. The minimum Gasteiger partial charge on any atom is -0.481 e. The lowest BCUT2D eigenvalue weighted by Crippen LogP contribution is -2.55. The van der Waals surface area contributed by atoms with Crippen molar-refractivity contribution in [3.05, 3.63) is 10.6 Å². The molecule has 3 aliphatic rings. The number of anilines is 1. The maximum atomic E-state index is 12.3. The summed E-state index contributed by atoms with van der Waals surface area (Å²) in [5, 5.41) is 12.6. The van der Waals surface area contributed by atoms with Crippen LogP contribution in [0.4, 0.5) is 10.7 Å². The number of carbonyl (C=O) groups excluding carboxylic acids is 1. The van der Waals surface area contributed by atoms with Crippen molar-refractivity contribution in [1.29, 1.82) is 0 Å². The number of hydrogen-bond acceptors (Lipinski definition) is 10. The molecular weight excluding hydrogens is 422 g/mol. The number of nitrogens with one attached hydrogen (secondary N) is 1. The number of aromatic nitrogens is 2. The van der Waals surface area contributed by atoms with E-state index in [1.165, 1.54) is 0 Å². The van der Waals surface area contributed by atoms with Gasteiger partial charge >= 0.3 is 17.8 Å². The van der Waals surface area contributed by atoms with Crippen molar-refractivity contribution < 1.29 is 24.0 Å². The van der Waals surface area contributed by atoms with Crippen molar-refractivity contribution in [2.75, 3.05) is 77.4 Å². The normalized spacial score (nSPS) is 26.0. The molecule has 0 spiro atoms. The fourth-order valence-corrected chi connectivity index (χ4v) is 4.60. The molecule has 13 heteroatoms. The molecule has 0 aliphatic carbocycles. The number of carbonyl (C=O) groups is 2. The Morgan fingerprint density at radius 2 is 1.72 bits per heavy atom. The molecular formula is C19H31N7O6. The minimum atomic E-state index is -0.783. The monoisotopic (exact) mass is 453 g/mol. The smallest absolute Gasteiger partial charge is 0.440 e. The van der Waals surface area contributed by atoms with Crippen LogP contribution in [-0.2, 0) is 9.53 Å². The average Bonchev–Trinajstić information content (AvgIpc) is 3.35. The molecule has 3 saturated heterocycles. The van der Waals surface area contributed by atoms with Crippen molar-refractivity contribution in [2.24, 2.45) is 0 Å². The molecule has 13 nitrogen and oxygen atoms in total. The molecule has 2 N–H and O–H groups in total. The van der Waals surface area contributed by atoms with E-state index in [1.54, 1.807) is 11.9 Å². The van der Waals surface area contributed by atoms with Crippen LogP contribution in [-0.4, -0.2) is 132 Å². The van der Waals surface area contributed by atoms with Crippen LogP contribution in [0.15, 0.2) is 9.32 Å². The molecule has 2 atom stereocenters. The summed E-state index contributed by atoms with van der Waals surface area (Å²) in [6.07, 6.45) is 0.361. The lowest BCUT2D eigenvalue weighted by molar-refractivity contribution is -0.137. The van der Waals surface area contributed by atoms with E-state index in [0.29, 0.717) is 12.5 Å². The number of ether oxygens (including phenoxy) is 1. The maximum Gasteiger partial charge on any atom is 0.440 e. The topological polar surface area (TPSA) is 139 Å². The molecule has 0 aromatic carbocycles. The van der Waals surface area contributed by atoms with E-state index in [4.69, 9.17) is 9.84 Å². The molecule has 0 saturated carbocycles. The highest BCUT2D eigenvalue weighted by Gasteiger charge is 2.43. The van der Waals surface area contributed by atoms with Gasteiger partial charge in [0.15, 0.2) is 6.23 Å². The number of nitrogens with zero attached hydrogens (tertiary/aromatic N) is 6. The van der Waals surface area contributed by atoms with Crippen LogP contribution in [0.1, 0.15) is 12.8 Å². The summed E-state index contributed by atoms with van der Waals surface area (Å²) in [4.78, 5) is 47.2. The first kappa shape index (κ1) is 22.6. The van der Waals surface area contributed by atoms with Gasteiger partial charge < -0.3 is 24.5 Å². The minimum absolute atomic E-state index is 0.0296. The van der Waals surface area contributed by atoms with E-state index < -0.39 is 11.7 Å². The van der Waals surface area contributed by atoms with Gasteiger partial charge in [0.05, 0.1) is 12.5 Å². The number of rotatable bonds is 8. The van der Waals surface area contributed by atoms with E-state index in [0.717, 1.165) is 65.3 Å². The molecule has 4 heterocycles. The molecule has 0 radical (unpaired) electrons. The van der Waals surface area contributed by atoms with Gasteiger partial charge in [-0.3, -0.25) is 24.1 Å². The third-order valence-electron chi connectivity index (χ3n) is 6.59. The highest BCUT2D eigenvalue weighted by atomic mass is 16.6. The van der Waals surface area contributed by atoms with Gasteiger partial charge in [0.25, 0.3) is 0 Å². The standard InChI is InChI=1S/C19H31N7O6/c1-22-14(2-4-23-8-12-26(13-9-23)17-20-18(29)32-21-17)16(31-19(22)30)25-10-6-24(7-11-25)5-3-15(27)28/h14,16H,2-13H2,1H3,(H,27,28)(H,20,21,29). The predicted molar refractivity (Wildman–Crippen MR) is 112 cm³/mol. The van der Waals surface area contributed by atoms with Crippen LogP contribution in [0.3, 0.4) is 0 Å². The first-order chi connectivity index (χ1) is 15.4. The summed E-state index contributed by atoms with van der Waals surface area (Å²) < 4.78 is 10.3. The van der Waals surface area contributed by atoms with Gasteiger partial charge in [0, 0.05) is 72.5 Å². The largest absolute Gasteiger partial charge is 0.481 e. The Morgan fingerprint density at radius 1 is 1.06 bits per heavy atom. The maximum absolute atomic E-state index is 12.3. The van der Waals surface area contributed by atoms with Gasteiger partial charge in [-0.15, -0.1) is 0 Å². The van der Waals surface area contributed by atoms with Gasteiger partial charge in [0.2, 0.25) is 5.95 Å². The molecule has 4 rings (SSSR count). The number of H-pyrrole nitrogens is 1. The third-order valence-corrected chi connectivity index (χ3v) is 6.59. The Kier molecular flexibility index (Phi) is 6.96. The Labute approximate surface area is 185 Å². The van der Waals surface area contributed by atoms with Gasteiger partial charge in [0.1, 0.15) is 0 Å². The van der Waals surface area contributed by atoms with E-state index in [9.17, 15) is 14.4 Å². The molecule has 0 bridgehead atoms. The summed E-state index contributed by atoms with van der Waals surface area (Å²) >= 11 is 0. The summed E-state index contributed by atoms with van der Waals surface area (Å²) in [6, 6.07) is -0.0296. The number of aromatic amines is 1. The molecule has 1 aromatic rings. The zero-order chi connectivity index (χ0) is 22.7. The first-order valence-electron chi connectivity index (χ1n) is 11.1. The third kappa shape index (κ3) is 5.22. The van der Waals surface area contributed by atoms with Crippen molar-refractivity contribution >= 4 is 18.0 Å². The highest BCUT2D eigenvalue weighted by Crippen LogP contribution is 2.25. The molecule has 32 heavy (non-hydrogen) atoms. The number of cyclic esters (lactones) is 1. The summed E-state index contributed by atoms with van der Waals surface area (Å²) in [7, 11) is 1.79. The number of amides is 1. The molecule has 1 aromatic heterocycles. The average molecular weight is 454 g/mol. The van der Waals surface area contributed by atoms with Crippen molar-refractivity contribution in [3.8, 4) is 0 Å². The second kappa shape index (κ2) is 9.88. The highest BCUT2D eigenvalue weighted by molar-refractivity contribution is 5.70. The van der Waals surface area contributed by atoms with Crippen LogP contribution < -0.4 is 10.7 Å². The molecule has 2 unspecified atom stereocenters. The van der Waals surface area contributed by atoms with Gasteiger partial charge in [-0.25, -0.2) is 9.59 Å². The number of aliphatic carboxylic acids is 1. The summed E-state index contributed by atoms with van der Waals surface area (Å²) in [6.45, 7) is 7.54. The Balaban J connectivity index is 1.25. The van der Waals surface area contributed by atoms with Gasteiger partial charge in [-0.2, -0.15) is 0 Å². The fourth-order valence-electron chi connectivity index (χ4n) is 4.60. The van der Waals surface area contributed by atoms with Crippen LogP contribution >= 0.6 is 0 Å². The summed E-state index contributed by atoms with van der Waals surface area (Å²) in [5.74, 6) is -0.870. The Morgan fingerprint density at radius 3 is 2.34 bits per heavy atom. The van der Waals surface area contributed by atoms with Gasteiger partial charge in [-0.05, 0) is 11.6 Å². The second-order valence-corrected chi connectivity index (χ2v) is 8.51. The van der Waals surface area contributed by atoms with Crippen LogP contribution in [0, 0.1) is 0 Å². The van der Waals surface area contributed by atoms with E-state index in [-0.39, 0.29) is 24.8 Å². The number of likely N-dealkylation sites (N-methyl/N-ethyl adjacent to an activating group) is 1. The fraction of sp³-hybridized carbons (Fsp3) is 0.789. The Bertz CT molecular complexity index is 843. The predicted octanol–water partition coefficient (Wildman–Crippen LogP) is -1.26. The lowest BCUT2D eigenvalue weighted by Gasteiger charge is -2.39. The molecule has 1 amide bonds. The van der Waals surface area contributed by atoms with E-state index in [2.05, 4.69) is 29.4 Å².